The van der Waals surface area contributed by atoms with Crippen molar-refractivity contribution in [2.45, 2.75) is 71.5 Å². The molecule has 0 spiro atoms. The first kappa shape index (κ1) is 37.4. The van der Waals surface area contributed by atoms with Gasteiger partial charge in [-0.1, -0.05) is 50.1 Å². The van der Waals surface area contributed by atoms with Gasteiger partial charge in [0, 0.05) is 30.8 Å². The van der Waals surface area contributed by atoms with Crippen molar-refractivity contribution in [3.63, 3.8) is 0 Å². The summed E-state index contributed by atoms with van der Waals surface area (Å²) in [5.74, 6) is 0.0348. The van der Waals surface area contributed by atoms with Crippen molar-refractivity contribution in [3.8, 4) is 5.75 Å². The average Bonchev–Trinajstić information content (AvgIpc) is 3.55. The van der Waals surface area contributed by atoms with Crippen LogP contribution in [0.15, 0.2) is 53.9 Å². The number of nitrogens with zero attached hydrogens (tertiary/aromatic N) is 2. The molecule has 1 saturated heterocycles. The number of amides is 1. The quantitative estimate of drug-likeness (QED) is 0.184. The van der Waals surface area contributed by atoms with Crippen LogP contribution in [0, 0.1) is 0 Å². The number of esters is 1. The molecule has 44 heavy (non-hydrogen) atoms. The average molecular weight is 652 g/mol. The lowest BCUT2D eigenvalue weighted by Crippen LogP contribution is -2.42. The molecule has 0 saturated carbocycles. The number of nitrogens with two attached hydrogens (primary N) is 1. The first-order valence-electron chi connectivity index (χ1n) is 14.9. The van der Waals surface area contributed by atoms with E-state index in [0.717, 1.165) is 24.0 Å². The van der Waals surface area contributed by atoms with Crippen molar-refractivity contribution in [2.24, 2.45) is 5.73 Å². The third kappa shape index (κ3) is 11.6. The highest BCUT2D eigenvalue weighted by Gasteiger charge is 2.38. The number of carbonyl (C=O) groups is 2. The molecule has 1 amide bonds. The van der Waals surface area contributed by atoms with Gasteiger partial charge < -0.3 is 24.8 Å². The van der Waals surface area contributed by atoms with Crippen molar-refractivity contribution < 1.29 is 32.2 Å². The second kappa shape index (κ2) is 20.2. The molecule has 1 aromatic heterocycles. The number of pyridine rings is 1. The highest BCUT2D eigenvalue weighted by atomic mass is 35.5. The summed E-state index contributed by atoms with van der Waals surface area (Å²) in [6, 6.07) is 10.7. The van der Waals surface area contributed by atoms with Crippen LogP contribution in [0.25, 0.3) is 0 Å². The molecule has 4 rings (SSSR count). The summed E-state index contributed by atoms with van der Waals surface area (Å²) in [5, 5.41) is 0.336. The lowest BCUT2D eigenvalue weighted by molar-refractivity contribution is -0.141. The molecule has 2 N–H and O–H groups in total. The molecule has 3 atom stereocenters. The van der Waals surface area contributed by atoms with Gasteiger partial charge in [0.05, 0.1) is 37.7 Å². The van der Waals surface area contributed by atoms with Gasteiger partial charge in [0.15, 0.2) is 11.1 Å². The Morgan fingerprint density at radius 2 is 1.89 bits per heavy atom. The fourth-order valence-corrected chi connectivity index (χ4v) is 5.36. The van der Waals surface area contributed by atoms with Gasteiger partial charge in [-0.2, -0.15) is 0 Å². The summed E-state index contributed by atoms with van der Waals surface area (Å²) in [7, 11) is 2.91. The molecule has 2 aromatic rings. The fourth-order valence-electron chi connectivity index (χ4n) is 4.73. The van der Waals surface area contributed by atoms with Gasteiger partial charge in [-0.3, -0.25) is 8.98 Å². The third-order valence-corrected chi connectivity index (χ3v) is 8.03. The highest BCUT2D eigenvalue weighted by molar-refractivity contribution is 7.80. The molecule has 3 unspecified atom stereocenters. The molecular weight excluding hydrogens is 606 g/mol. The minimum absolute atomic E-state index is 0.0437. The number of benzene rings is 1. The molecule has 12 heteroatoms. The zero-order chi connectivity index (χ0) is 32.5. The van der Waals surface area contributed by atoms with Gasteiger partial charge >= 0.3 is 5.97 Å². The van der Waals surface area contributed by atoms with Gasteiger partial charge in [0.25, 0.3) is 0 Å². The molecule has 0 bridgehead atoms. The minimum atomic E-state index is -1.29. The van der Waals surface area contributed by atoms with E-state index in [4.69, 9.17) is 30.0 Å². The molecule has 3 heterocycles. The molecule has 0 aliphatic carbocycles. The van der Waals surface area contributed by atoms with Crippen LogP contribution in [0.1, 0.15) is 69.9 Å². The molecule has 244 valence electrons. The van der Waals surface area contributed by atoms with Crippen LogP contribution in [-0.4, -0.2) is 71.7 Å². The topological polar surface area (TPSA) is 130 Å². The van der Waals surface area contributed by atoms with E-state index in [0.29, 0.717) is 54.1 Å². The summed E-state index contributed by atoms with van der Waals surface area (Å²) < 4.78 is 33.2. The maximum Gasteiger partial charge on any atom is 0.336 e. The fraction of sp³-hybridized carbons (Fsp3) is 0.531. The summed E-state index contributed by atoms with van der Waals surface area (Å²) in [5.41, 5.74) is 7.03. The Morgan fingerprint density at radius 1 is 1.18 bits per heavy atom. The van der Waals surface area contributed by atoms with Crippen LogP contribution in [-0.2, 0) is 40.9 Å². The molecular formula is C32H46ClN3O7S. The number of rotatable bonds is 12. The predicted octanol–water partition coefficient (Wildman–Crippen LogP) is 5.32. The van der Waals surface area contributed by atoms with Gasteiger partial charge in [0.1, 0.15) is 17.5 Å². The smallest absolute Gasteiger partial charge is 0.336 e. The lowest BCUT2D eigenvalue weighted by Gasteiger charge is -2.35. The largest absolute Gasteiger partial charge is 0.494 e. The monoisotopic (exact) mass is 651 g/mol. The third-order valence-electron chi connectivity index (χ3n) is 6.81. The van der Waals surface area contributed by atoms with E-state index < -0.39 is 23.0 Å². The standard InChI is InChI=1S/C28H33ClN2O7S.C3H8.CH5N/c1-19-27(28(33)38-18-20-6-9-22(10-7-20)36-13-4-14-39(34)35-2)24(21-8-11-25(29)30-16-21)15-26(32)31(19)17-23-5-3-12-37-23;1-3-2;1-2/h6-11,16,23-24H,3-5,12-15,17-18H2,1-2H3;3H2,1-2H3;2H2,1H3. The van der Waals surface area contributed by atoms with Crippen molar-refractivity contribution in [1.82, 2.24) is 9.88 Å². The summed E-state index contributed by atoms with van der Waals surface area (Å²) in [6.45, 7) is 7.61. The van der Waals surface area contributed by atoms with Crippen molar-refractivity contribution >= 4 is 34.6 Å². The Balaban J connectivity index is 0.00000127. The van der Waals surface area contributed by atoms with Crippen LogP contribution < -0.4 is 10.5 Å². The van der Waals surface area contributed by atoms with Crippen LogP contribution in [0.2, 0.25) is 5.15 Å². The van der Waals surface area contributed by atoms with E-state index in [1.165, 1.54) is 20.6 Å². The first-order valence-corrected chi connectivity index (χ1v) is 16.5. The Bertz CT molecular complexity index is 1220. The number of halogens is 1. The second-order valence-corrected chi connectivity index (χ2v) is 11.8. The zero-order valence-corrected chi connectivity index (χ0v) is 28.0. The molecule has 2 aliphatic heterocycles. The summed E-state index contributed by atoms with van der Waals surface area (Å²) >= 11 is 4.69. The van der Waals surface area contributed by atoms with E-state index in [2.05, 4.69) is 24.6 Å². The van der Waals surface area contributed by atoms with Gasteiger partial charge in [0.2, 0.25) is 5.91 Å². The van der Waals surface area contributed by atoms with E-state index in [1.807, 2.05) is 12.1 Å². The van der Waals surface area contributed by atoms with E-state index in [-0.39, 0.29) is 25.0 Å². The maximum absolute atomic E-state index is 13.5. The van der Waals surface area contributed by atoms with Crippen molar-refractivity contribution in [3.05, 3.63) is 70.1 Å². The normalized spacial score (nSPS) is 18.5. The lowest BCUT2D eigenvalue weighted by atomic mass is 9.84. The Morgan fingerprint density at radius 3 is 2.48 bits per heavy atom. The Labute approximate surface area is 268 Å². The van der Waals surface area contributed by atoms with Crippen molar-refractivity contribution in [2.75, 3.05) is 39.7 Å². The van der Waals surface area contributed by atoms with Gasteiger partial charge in [-0.25, -0.2) is 14.0 Å². The number of hydrogen-bond acceptors (Lipinski definition) is 9. The second-order valence-electron chi connectivity index (χ2n) is 10.1. The van der Waals surface area contributed by atoms with Crippen LogP contribution >= 0.6 is 11.6 Å². The first-order chi connectivity index (χ1) is 21.3. The van der Waals surface area contributed by atoms with E-state index in [9.17, 15) is 13.8 Å². The number of hydrogen-bond donors (Lipinski definition) is 1. The predicted molar refractivity (Wildman–Crippen MR) is 172 cm³/mol. The van der Waals surface area contributed by atoms with Crippen LogP contribution in [0.5, 0.6) is 5.75 Å². The number of carbonyl (C=O) groups excluding carboxylic acids is 2. The van der Waals surface area contributed by atoms with E-state index >= 15 is 0 Å². The maximum atomic E-state index is 13.5. The Hall–Kier alpha value is -2.83. The SMILES string of the molecule is CCC.CN.COS(=O)CCCOc1ccc(COC(=O)C2=C(C)N(CC3CCCO3)C(=O)CC2c2ccc(Cl)nc2)cc1. The number of ether oxygens (including phenoxy) is 3. The summed E-state index contributed by atoms with van der Waals surface area (Å²) in [4.78, 5) is 32.5. The summed E-state index contributed by atoms with van der Waals surface area (Å²) in [6.07, 6.45) is 5.38. The number of aromatic nitrogens is 1. The van der Waals surface area contributed by atoms with E-state index in [1.54, 1.807) is 42.3 Å². The highest BCUT2D eigenvalue weighted by Crippen LogP contribution is 2.37. The minimum Gasteiger partial charge on any atom is -0.494 e. The zero-order valence-electron chi connectivity index (χ0n) is 26.4. The Kier molecular flexibility index (Phi) is 17.2. The van der Waals surface area contributed by atoms with Crippen LogP contribution in [0.3, 0.4) is 0 Å². The van der Waals surface area contributed by atoms with Gasteiger partial charge in [-0.05, 0) is 62.6 Å². The molecule has 1 fully saturated rings. The molecule has 1 aromatic carbocycles. The molecule has 0 radical (unpaired) electrons. The number of allylic oxidation sites excluding steroid dienone is 1. The molecule has 2 aliphatic rings. The molecule has 10 nitrogen and oxygen atoms in total. The van der Waals surface area contributed by atoms with Crippen LogP contribution in [0.4, 0.5) is 0 Å². The van der Waals surface area contributed by atoms with Crippen molar-refractivity contribution in [1.29, 1.82) is 0 Å². The van der Waals surface area contributed by atoms with Gasteiger partial charge in [-0.15, -0.1) is 0 Å².